The number of ether oxygens (including phenoxy) is 2. The Morgan fingerprint density at radius 3 is 2.81 bits per heavy atom. The minimum Gasteiger partial charge on any atom is -0.480 e. The molecule has 0 aliphatic heterocycles. The van der Waals surface area contributed by atoms with Crippen molar-refractivity contribution in [2.45, 2.75) is 20.0 Å². The first-order chi connectivity index (χ1) is 9.97. The Hall–Kier alpha value is -2.24. The van der Waals surface area contributed by atoms with Crippen molar-refractivity contribution in [3.63, 3.8) is 0 Å². The van der Waals surface area contributed by atoms with E-state index in [4.69, 9.17) is 21.2 Å². The van der Waals surface area contributed by atoms with Gasteiger partial charge >= 0.3 is 5.97 Å². The fourth-order valence-electron chi connectivity index (χ4n) is 1.45. The highest BCUT2D eigenvalue weighted by Crippen LogP contribution is 2.25. The second-order valence-electron chi connectivity index (χ2n) is 4.30. The minimum atomic E-state index is -0.671. The molecular formula is C16H14BrNO3. The zero-order valence-electron chi connectivity index (χ0n) is 11.7. The lowest BCUT2D eigenvalue weighted by atomic mass is 10.1. The van der Waals surface area contributed by atoms with Crippen LogP contribution in [0.1, 0.15) is 19.4 Å². The van der Waals surface area contributed by atoms with E-state index in [1.165, 1.54) is 6.08 Å². The number of carbonyl (C=O) groups excluding carboxylic acids is 1. The molecule has 1 aromatic rings. The summed E-state index contributed by atoms with van der Waals surface area (Å²) in [6.45, 7) is 3.53. The van der Waals surface area contributed by atoms with E-state index in [0.29, 0.717) is 11.3 Å². The van der Waals surface area contributed by atoms with Crippen molar-refractivity contribution in [2.75, 3.05) is 6.61 Å². The van der Waals surface area contributed by atoms with E-state index in [2.05, 4.69) is 21.9 Å². The van der Waals surface area contributed by atoms with Gasteiger partial charge in [0.2, 0.25) is 0 Å². The predicted molar refractivity (Wildman–Crippen MR) is 83.3 cm³/mol. The maximum Gasteiger partial charge on any atom is 0.349 e. The molecule has 0 heterocycles. The van der Waals surface area contributed by atoms with E-state index < -0.39 is 5.97 Å². The van der Waals surface area contributed by atoms with Crippen LogP contribution >= 0.6 is 15.9 Å². The van der Waals surface area contributed by atoms with Crippen LogP contribution in [-0.2, 0) is 9.53 Å². The number of benzene rings is 1. The lowest BCUT2D eigenvalue weighted by molar-refractivity contribution is -0.142. The summed E-state index contributed by atoms with van der Waals surface area (Å²) in [6, 6.07) is 7.05. The van der Waals surface area contributed by atoms with Crippen LogP contribution in [0.15, 0.2) is 28.2 Å². The second-order valence-corrected chi connectivity index (χ2v) is 5.21. The van der Waals surface area contributed by atoms with Gasteiger partial charge in [0.1, 0.15) is 24.0 Å². The molecule has 0 aromatic heterocycles. The third kappa shape index (κ3) is 5.33. The van der Waals surface area contributed by atoms with Crippen LogP contribution in [0.2, 0.25) is 0 Å². The molecule has 0 unspecified atom stereocenters. The summed E-state index contributed by atoms with van der Waals surface area (Å²) >= 11 is 3.33. The van der Waals surface area contributed by atoms with Gasteiger partial charge in [0, 0.05) is 10.0 Å². The lowest BCUT2D eigenvalue weighted by Gasteiger charge is -2.09. The monoisotopic (exact) mass is 347 g/mol. The summed E-state index contributed by atoms with van der Waals surface area (Å²) in [5.41, 5.74) is 0.462. The standard InChI is InChI=1S/C16H14BrNO3/c1-4-7-20-15-6-5-14(17)9-12(15)8-13(10-18)16(19)21-11(2)3/h1,5-6,8-9,11H,7H2,2-3H3/b13-8+. The smallest absolute Gasteiger partial charge is 0.349 e. The van der Waals surface area contributed by atoms with Crippen LogP contribution < -0.4 is 4.74 Å². The number of nitrogens with zero attached hydrogens (tertiary/aromatic N) is 1. The third-order valence-electron chi connectivity index (χ3n) is 2.27. The fourth-order valence-corrected chi connectivity index (χ4v) is 1.83. The van der Waals surface area contributed by atoms with Crippen LogP contribution in [0.3, 0.4) is 0 Å². The normalized spacial score (nSPS) is 10.7. The molecular weight excluding hydrogens is 334 g/mol. The van der Waals surface area contributed by atoms with E-state index in [1.54, 1.807) is 32.0 Å². The van der Waals surface area contributed by atoms with E-state index in [9.17, 15) is 4.79 Å². The molecule has 0 atom stereocenters. The van der Waals surface area contributed by atoms with Gasteiger partial charge in [0.25, 0.3) is 0 Å². The van der Waals surface area contributed by atoms with Gasteiger partial charge in [-0.2, -0.15) is 5.26 Å². The van der Waals surface area contributed by atoms with Gasteiger partial charge in [-0.25, -0.2) is 4.79 Å². The molecule has 0 fully saturated rings. The van der Waals surface area contributed by atoms with Crippen LogP contribution in [0.5, 0.6) is 5.75 Å². The molecule has 0 N–H and O–H groups in total. The zero-order valence-corrected chi connectivity index (χ0v) is 13.3. The molecule has 0 aliphatic rings. The number of halogens is 1. The molecule has 108 valence electrons. The lowest BCUT2D eigenvalue weighted by Crippen LogP contribution is -2.12. The van der Waals surface area contributed by atoms with Crippen molar-refractivity contribution in [2.24, 2.45) is 0 Å². The first-order valence-electron chi connectivity index (χ1n) is 6.16. The number of carbonyl (C=O) groups is 1. The third-order valence-corrected chi connectivity index (χ3v) is 2.76. The molecule has 21 heavy (non-hydrogen) atoms. The average Bonchev–Trinajstić information content (AvgIpc) is 2.42. The maximum absolute atomic E-state index is 11.8. The number of rotatable bonds is 5. The number of esters is 1. The van der Waals surface area contributed by atoms with Crippen molar-refractivity contribution < 1.29 is 14.3 Å². The molecule has 1 rings (SSSR count). The highest BCUT2D eigenvalue weighted by atomic mass is 79.9. The summed E-state index contributed by atoms with van der Waals surface area (Å²) in [5, 5.41) is 9.10. The maximum atomic E-state index is 11.8. The molecule has 0 spiro atoms. The van der Waals surface area contributed by atoms with Gasteiger partial charge in [-0.05, 0) is 38.1 Å². The van der Waals surface area contributed by atoms with E-state index in [0.717, 1.165) is 4.47 Å². The Balaban J connectivity index is 3.15. The summed E-state index contributed by atoms with van der Waals surface area (Å²) in [4.78, 5) is 11.8. The molecule has 0 saturated carbocycles. The first kappa shape index (κ1) is 16.8. The van der Waals surface area contributed by atoms with Crippen molar-refractivity contribution in [1.29, 1.82) is 5.26 Å². The summed E-state index contributed by atoms with van der Waals surface area (Å²) in [5.74, 6) is 2.18. The number of hydrogen-bond acceptors (Lipinski definition) is 4. The van der Waals surface area contributed by atoms with Gasteiger partial charge in [0.15, 0.2) is 0 Å². The SMILES string of the molecule is C#CCOc1ccc(Br)cc1/C=C(\C#N)C(=O)OC(C)C. The zero-order chi connectivity index (χ0) is 15.8. The van der Waals surface area contributed by atoms with Crippen LogP contribution in [0.4, 0.5) is 0 Å². The molecule has 0 amide bonds. The Labute approximate surface area is 132 Å². The van der Waals surface area contributed by atoms with Crippen LogP contribution in [0, 0.1) is 23.7 Å². The van der Waals surface area contributed by atoms with E-state index in [-0.39, 0.29) is 18.3 Å². The minimum absolute atomic E-state index is 0.0980. The Kier molecular flexibility index (Phi) is 6.52. The molecule has 1 aromatic carbocycles. The number of hydrogen-bond donors (Lipinski definition) is 0. The van der Waals surface area contributed by atoms with Gasteiger partial charge in [0.05, 0.1) is 6.10 Å². The molecule has 0 radical (unpaired) electrons. The molecule has 4 nitrogen and oxygen atoms in total. The first-order valence-corrected chi connectivity index (χ1v) is 6.95. The summed E-state index contributed by atoms with van der Waals surface area (Å²) < 4.78 is 11.2. The van der Waals surface area contributed by atoms with Crippen molar-refractivity contribution in [1.82, 2.24) is 0 Å². The second kappa shape index (κ2) is 8.14. The van der Waals surface area contributed by atoms with Gasteiger partial charge < -0.3 is 9.47 Å². The molecule has 0 bridgehead atoms. The highest BCUT2D eigenvalue weighted by molar-refractivity contribution is 9.10. The Morgan fingerprint density at radius 2 is 2.24 bits per heavy atom. The topological polar surface area (TPSA) is 59.3 Å². The number of nitriles is 1. The largest absolute Gasteiger partial charge is 0.480 e. The van der Waals surface area contributed by atoms with Gasteiger partial charge in [-0.15, -0.1) is 6.42 Å². The summed E-state index contributed by atoms with van der Waals surface area (Å²) in [7, 11) is 0. The van der Waals surface area contributed by atoms with Crippen molar-refractivity contribution in [3.8, 4) is 24.2 Å². The molecule has 5 heteroatoms. The molecule has 0 saturated heterocycles. The summed E-state index contributed by atoms with van der Waals surface area (Å²) in [6.07, 6.45) is 6.28. The predicted octanol–water partition coefficient (Wildman–Crippen LogP) is 3.32. The number of terminal acetylenes is 1. The van der Waals surface area contributed by atoms with E-state index in [1.807, 2.05) is 6.07 Å². The van der Waals surface area contributed by atoms with Gasteiger partial charge in [-0.1, -0.05) is 21.9 Å². The highest BCUT2D eigenvalue weighted by Gasteiger charge is 2.14. The van der Waals surface area contributed by atoms with Gasteiger partial charge in [-0.3, -0.25) is 0 Å². The van der Waals surface area contributed by atoms with Crippen LogP contribution in [-0.4, -0.2) is 18.7 Å². The Morgan fingerprint density at radius 1 is 1.52 bits per heavy atom. The van der Waals surface area contributed by atoms with Crippen molar-refractivity contribution in [3.05, 3.63) is 33.8 Å². The Bertz CT molecular complexity index is 636. The van der Waals surface area contributed by atoms with E-state index >= 15 is 0 Å². The van der Waals surface area contributed by atoms with Crippen molar-refractivity contribution >= 4 is 28.0 Å². The fraction of sp³-hybridized carbons (Fsp3) is 0.250. The van der Waals surface area contributed by atoms with Crippen LogP contribution in [0.25, 0.3) is 6.08 Å². The quantitative estimate of drug-likeness (QED) is 0.355. The average molecular weight is 348 g/mol. The molecule has 0 aliphatic carbocycles.